The lowest BCUT2D eigenvalue weighted by Gasteiger charge is -2.10. The van der Waals surface area contributed by atoms with Gasteiger partial charge in [-0.1, -0.05) is 19.1 Å². The Kier molecular flexibility index (Phi) is 9.42. The number of halogens is 1. The maximum absolute atomic E-state index is 5.80. The highest BCUT2D eigenvalue weighted by Gasteiger charge is 2.02. The molecule has 0 aromatic heterocycles. The number of unbranched alkanes of at least 4 members (excludes halogenated alkanes) is 3. The molecular weight excluding hydrogens is 314 g/mol. The Morgan fingerprint density at radius 3 is 2.85 bits per heavy atom. The van der Waals surface area contributed by atoms with E-state index in [1.165, 1.54) is 18.4 Å². The molecule has 0 heterocycles. The molecule has 112 valence electrons. The van der Waals surface area contributed by atoms with E-state index in [-0.39, 0.29) is 0 Å². The van der Waals surface area contributed by atoms with E-state index >= 15 is 0 Å². The van der Waals surface area contributed by atoms with Crippen LogP contribution in [0.5, 0.6) is 5.75 Å². The van der Waals surface area contributed by atoms with Gasteiger partial charge in [0.1, 0.15) is 5.75 Å². The molecular formula is C17H26BrNO. The largest absolute Gasteiger partial charge is 0.492 e. The van der Waals surface area contributed by atoms with E-state index in [9.17, 15) is 0 Å². The molecule has 0 aliphatic carbocycles. The predicted molar refractivity (Wildman–Crippen MR) is 90.3 cm³/mol. The maximum atomic E-state index is 5.80. The van der Waals surface area contributed by atoms with E-state index < -0.39 is 0 Å². The second-order valence-electron chi connectivity index (χ2n) is 4.93. The monoisotopic (exact) mass is 339 g/mol. The van der Waals surface area contributed by atoms with Crippen LogP contribution in [0, 0.1) is 0 Å². The Hall–Kier alpha value is -0.800. The van der Waals surface area contributed by atoms with Crippen LogP contribution in [0.4, 0.5) is 0 Å². The third-order valence-electron chi connectivity index (χ3n) is 3.06. The Morgan fingerprint density at radius 2 is 2.15 bits per heavy atom. The van der Waals surface area contributed by atoms with Crippen LogP contribution in [0.3, 0.4) is 0 Å². The first-order chi connectivity index (χ1) is 9.77. The summed E-state index contributed by atoms with van der Waals surface area (Å²) in [4.78, 5) is 0. The molecule has 1 aromatic carbocycles. The van der Waals surface area contributed by atoms with E-state index in [1.807, 2.05) is 6.08 Å². The first-order valence-electron chi connectivity index (χ1n) is 7.50. The lowest BCUT2D eigenvalue weighted by atomic mass is 10.2. The summed E-state index contributed by atoms with van der Waals surface area (Å²) in [6.07, 6.45) is 7.74. The van der Waals surface area contributed by atoms with Crippen LogP contribution in [-0.4, -0.2) is 13.2 Å². The van der Waals surface area contributed by atoms with Gasteiger partial charge < -0.3 is 10.1 Å². The highest BCUT2D eigenvalue weighted by Crippen LogP contribution is 2.26. The minimum Gasteiger partial charge on any atom is -0.492 e. The summed E-state index contributed by atoms with van der Waals surface area (Å²) in [5, 5.41) is 3.40. The summed E-state index contributed by atoms with van der Waals surface area (Å²) in [5.41, 5.74) is 1.28. The smallest absolute Gasteiger partial charge is 0.133 e. The molecule has 1 aromatic rings. The van der Waals surface area contributed by atoms with Crippen molar-refractivity contribution in [2.24, 2.45) is 0 Å². The molecule has 0 amide bonds. The standard InChI is InChI=1S/C17H26BrNO/c1-3-5-6-7-8-12-20-17-10-9-15(13-16(17)18)14-19-11-4-2/h3,9-10,13,19H,1,4-8,11-12,14H2,2H3. The zero-order valence-electron chi connectivity index (χ0n) is 12.5. The number of benzene rings is 1. The average molecular weight is 340 g/mol. The van der Waals surface area contributed by atoms with Gasteiger partial charge in [0.2, 0.25) is 0 Å². The summed E-state index contributed by atoms with van der Waals surface area (Å²) < 4.78 is 6.85. The third-order valence-corrected chi connectivity index (χ3v) is 3.68. The lowest BCUT2D eigenvalue weighted by Crippen LogP contribution is -2.13. The highest BCUT2D eigenvalue weighted by molar-refractivity contribution is 9.10. The number of allylic oxidation sites excluding steroid dienone is 1. The van der Waals surface area contributed by atoms with Crippen LogP contribution < -0.4 is 10.1 Å². The van der Waals surface area contributed by atoms with Crippen LogP contribution in [0.25, 0.3) is 0 Å². The van der Waals surface area contributed by atoms with Crippen LogP contribution in [0.15, 0.2) is 35.3 Å². The lowest BCUT2D eigenvalue weighted by molar-refractivity contribution is 0.303. The Morgan fingerprint density at radius 1 is 1.30 bits per heavy atom. The Labute approximate surface area is 131 Å². The molecule has 0 radical (unpaired) electrons. The number of ether oxygens (including phenoxy) is 1. The fraction of sp³-hybridized carbons (Fsp3) is 0.529. The number of hydrogen-bond acceptors (Lipinski definition) is 2. The van der Waals surface area contributed by atoms with Gasteiger partial charge in [0, 0.05) is 6.54 Å². The molecule has 0 fully saturated rings. The van der Waals surface area contributed by atoms with Gasteiger partial charge in [-0.05, 0) is 72.3 Å². The zero-order chi connectivity index (χ0) is 14.6. The fourth-order valence-electron chi connectivity index (χ4n) is 1.93. The average Bonchev–Trinajstić information content (AvgIpc) is 2.45. The quantitative estimate of drug-likeness (QED) is 0.448. The van der Waals surface area contributed by atoms with Crippen molar-refractivity contribution in [1.29, 1.82) is 0 Å². The van der Waals surface area contributed by atoms with E-state index in [2.05, 4.69) is 52.9 Å². The number of nitrogens with one attached hydrogen (secondary N) is 1. The molecule has 0 saturated heterocycles. The van der Waals surface area contributed by atoms with Crippen molar-refractivity contribution in [2.75, 3.05) is 13.2 Å². The molecule has 0 aliphatic heterocycles. The van der Waals surface area contributed by atoms with Gasteiger partial charge in [-0.25, -0.2) is 0 Å². The fourth-order valence-corrected chi connectivity index (χ4v) is 2.47. The topological polar surface area (TPSA) is 21.3 Å². The molecule has 0 aliphatic rings. The second kappa shape index (κ2) is 10.9. The van der Waals surface area contributed by atoms with E-state index in [0.717, 1.165) is 49.2 Å². The molecule has 1 N–H and O–H groups in total. The molecule has 0 bridgehead atoms. The van der Waals surface area contributed by atoms with Gasteiger partial charge in [-0.2, -0.15) is 0 Å². The Bertz CT molecular complexity index is 393. The van der Waals surface area contributed by atoms with Gasteiger partial charge in [0.15, 0.2) is 0 Å². The van der Waals surface area contributed by atoms with Crippen LogP contribution >= 0.6 is 15.9 Å². The van der Waals surface area contributed by atoms with E-state index in [0.29, 0.717) is 0 Å². The zero-order valence-corrected chi connectivity index (χ0v) is 14.0. The van der Waals surface area contributed by atoms with E-state index in [4.69, 9.17) is 4.74 Å². The summed E-state index contributed by atoms with van der Waals surface area (Å²) in [6, 6.07) is 6.31. The van der Waals surface area contributed by atoms with Crippen molar-refractivity contribution >= 4 is 15.9 Å². The van der Waals surface area contributed by atoms with Crippen LogP contribution in [0.2, 0.25) is 0 Å². The summed E-state index contributed by atoms with van der Waals surface area (Å²) in [7, 11) is 0. The number of rotatable bonds is 11. The SMILES string of the molecule is C=CCCCCCOc1ccc(CNCCC)cc1Br. The van der Waals surface area contributed by atoms with Crippen LogP contribution in [-0.2, 0) is 6.54 Å². The van der Waals surface area contributed by atoms with Crippen molar-refractivity contribution in [2.45, 2.75) is 45.6 Å². The first-order valence-corrected chi connectivity index (χ1v) is 8.30. The summed E-state index contributed by atoms with van der Waals surface area (Å²) >= 11 is 3.58. The minimum atomic E-state index is 0.781. The van der Waals surface area contributed by atoms with Crippen molar-refractivity contribution in [3.05, 3.63) is 40.9 Å². The van der Waals surface area contributed by atoms with Crippen molar-refractivity contribution < 1.29 is 4.74 Å². The molecule has 20 heavy (non-hydrogen) atoms. The molecule has 2 nitrogen and oxygen atoms in total. The summed E-state index contributed by atoms with van der Waals surface area (Å²) in [5.74, 6) is 0.938. The van der Waals surface area contributed by atoms with Crippen molar-refractivity contribution in [3.63, 3.8) is 0 Å². The van der Waals surface area contributed by atoms with Crippen LogP contribution in [0.1, 0.15) is 44.6 Å². The normalized spacial score (nSPS) is 10.5. The highest BCUT2D eigenvalue weighted by atomic mass is 79.9. The third kappa shape index (κ3) is 7.11. The Balaban J connectivity index is 2.30. The first kappa shape index (κ1) is 17.3. The summed E-state index contributed by atoms with van der Waals surface area (Å²) in [6.45, 7) is 8.65. The maximum Gasteiger partial charge on any atom is 0.133 e. The molecule has 0 saturated carbocycles. The van der Waals surface area contributed by atoms with Gasteiger partial charge in [0.25, 0.3) is 0 Å². The van der Waals surface area contributed by atoms with Gasteiger partial charge in [0.05, 0.1) is 11.1 Å². The number of hydrogen-bond donors (Lipinski definition) is 1. The minimum absolute atomic E-state index is 0.781. The molecule has 0 unspecified atom stereocenters. The van der Waals surface area contributed by atoms with Gasteiger partial charge >= 0.3 is 0 Å². The van der Waals surface area contributed by atoms with Gasteiger partial charge in [-0.3, -0.25) is 0 Å². The van der Waals surface area contributed by atoms with Crippen molar-refractivity contribution in [3.8, 4) is 5.75 Å². The molecule has 3 heteroatoms. The van der Waals surface area contributed by atoms with Gasteiger partial charge in [-0.15, -0.1) is 6.58 Å². The van der Waals surface area contributed by atoms with Crippen molar-refractivity contribution in [1.82, 2.24) is 5.32 Å². The second-order valence-corrected chi connectivity index (χ2v) is 5.78. The molecule has 1 rings (SSSR count). The molecule has 0 spiro atoms. The predicted octanol–water partition coefficient (Wildman–Crippen LogP) is 5.07. The van der Waals surface area contributed by atoms with E-state index in [1.54, 1.807) is 0 Å². The molecule has 0 atom stereocenters.